The zero-order chi connectivity index (χ0) is 15.1. The third kappa shape index (κ3) is 4.79. The van der Waals surface area contributed by atoms with Crippen LogP contribution in [0, 0.1) is 0 Å². The Morgan fingerprint density at radius 1 is 1.38 bits per heavy atom. The maximum absolute atomic E-state index is 5.89. The van der Waals surface area contributed by atoms with Crippen molar-refractivity contribution in [2.24, 2.45) is 0 Å². The Bertz CT molecular complexity index is 540. The molecule has 0 amide bonds. The van der Waals surface area contributed by atoms with Gasteiger partial charge in [0.2, 0.25) is 0 Å². The van der Waals surface area contributed by atoms with Gasteiger partial charge in [0.25, 0.3) is 0 Å². The molecule has 2 heterocycles. The van der Waals surface area contributed by atoms with E-state index >= 15 is 0 Å². The van der Waals surface area contributed by atoms with Crippen molar-refractivity contribution in [1.82, 2.24) is 15.3 Å². The van der Waals surface area contributed by atoms with E-state index in [1.165, 1.54) is 4.88 Å². The number of thiophene rings is 1. The summed E-state index contributed by atoms with van der Waals surface area (Å²) in [7, 11) is 0. The predicted molar refractivity (Wildman–Crippen MR) is 86.8 cm³/mol. The molecule has 0 bridgehead atoms. The van der Waals surface area contributed by atoms with E-state index in [1.54, 1.807) is 17.5 Å². The van der Waals surface area contributed by atoms with E-state index in [0.717, 1.165) is 36.8 Å². The third-order valence-electron chi connectivity index (χ3n) is 3.03. The van der Waals surface area contributed by atoms with Gasteiger partial charge in [0, 0.05) is 17.3 Å². The average Bonchev–Trinajstić information content (AvgIpc) is 2.99. The van der Waals surface area contributed by atoms with Crippen molar-refractivity contribution in [2.75, 3.05) is 6.54 Å². The molecule has 0 aliphatic heterocycles. The molecule has 21 heavy (non-hydrogen) atoms. The van der Waals surface area contributed by atoms with Crippen LogP contribution < -0.4 is 10.1 Å². The van der Waals surface area contributed by atoms with Crippen LogP contribution in [0.3, 0.4) is 0 Å². The second-order valence-electron chi connectivity index (χ2n) is 5.24. The molecule has 0 spiro atoms. The minimum absolute atomic E-state index is 0.321. The van der Waals surface area contributed by atoms with Crippen molar-refractivity contribution in [3.8, 4) is 5.75 Å². The van der Waals surface area contributed by atoms with E-state index in [0.29, 0.717) is 12.5 Å². The van der Waals surface area contributed by atoms with Crippen LogP contribution in [0.5, 0.6) is 5.75 Å². The van der Waals surface area contributed by atoms with Crippen LogP contribution in [-0.2, 0) is 13.2 Å². The van der Waals surface area contributed by atoms with Gasteiger partial charge in [0.05, 0.1) is 11.9 Å². The Balaban J connectivity index is 2.09. The average molecular weight is 305 g/mol. The van der Waals surface area contributed by atoms with Gasteiger partial charge >= 0.3 is 0 Å². The molecular formula is C16H23N3OS. The lowest BCUT2D eigenvalue weighted by atomic mass is 10.2. The summed E-state index contributed by atoms with van der Waals surface area (Å²) in [4.78, 5) is 10.3. The van der Waals surface area contributed by atoms with E-state index < -0.39 is 0 Å². The molecule has 0 aliphatic rings. The highest BCUT2D eigenvalue weighted by molar-refractivity contribution is 7.09. The van der Waals surface area contributed by atoms with E-state index in [-0.39, 0.29) is 0 Å². The minimum Gasteiger partial charge on any atom is -0.484 e. The second-order valence-corrected chi connectivity index (χ2v) is 6.27. The summed E-state index contributed by atoms with van der Waals surface area (Å²) >= 11 is 1.70. The highest BCUT2D eigenvalue weighted by atomic mass is 32.1. The van der Waals surface area contributed by atoms with Crippen molar-refractivity contribution in [3.05, 3.63) is 40.1 Å². The van der Waals surface area contributed by atoms with Crippen molar-refractivity contribution >= 4 is 11.3 Å². The number of hydrogen-bond donors (Lipinski definition) is 1. The molecule has 0 radical (unpaired) electrons. The largest absolute Gasteiger partial charge is 0.484 e. The molecule has 0 saturated carbocycles. The zero-order valence-corrected chi connectivity index (χ0v) is 13.7. The maximum Gasteiger partial charge on any atom is 0.160 e. The summed E-state index contributed by atoms with van der Waals surface area (Å²) in [5.74, 6) is 1.96. The first-order valence-corrected chi connectivity index (χ1v) is 8.30. The molecule has 2 aromatic heterocycles. The number of hydrogen-bond acceptors (Lipinski definition) is 5. The molecule has 1 N–H and O–H groups in total. The van der Waals surface area contributed by atoms with Crippen LogP contribution in [0.2, 0.25) is 0 Å². The van der Waals surface area contributed by atoms with E-state index in [4.69, 9.17) is 4.74 Å². The highest BCUT2D eigenvalue weighted by Gasteiger charge is 2.11. The Morgan fingerprint density at radius 3 is 2.90 bits per heavy atom. The summed E-state index contributed by atoms with van der Waals surface area (Å²) in [5, 5.41) is 5.44. The first kappa shape index (κ1) is 15.9. The Kier molecular flexibility index (Phi) is 6.14. The first-order valence-electron chi connectivity index (χ1n) is 7.42. The molecule has 0 atom stereocenters. The van der Waals surface area contributed by atoms with Crippen molar-refractivity contribution < 1.29 is 4.74 Å². The Labute approximate surface area is 130 Å². The normalized spacial score (nSPS) is 11.0. The van der Waals surface area contributed by atoms with Crippen LogP contribution in [0.15, 0.2) is 23.7 Å². The number of aromatic nitrogens is 2. The van der Waals surface area contributed by atoms with Gasteiger partial charge in [0.15, 0.2) is 5.75 Å². The molecule has 0 aromatic carbocycles. The first-order chi connectivity index (χ1) is 10.2. The van der Waals surface area contributed by atoms with Crippen LogP contribution in [0.1, 0.15) is 49.5 Å². The fourth-order valence-corrected chi connectivity index (χ4v) is 2.49. The fraction of sp³-hybridized carbons (Fsp3) is 0.500. The van der Waals surface area contributed by atoms with Crippen molar-refractivity contribution in [2.45, 2.75) is 46.3 Å². The van der Waals surface area contributed by atoms with Crippen molar-refractivity contribution in [1.29, 1.82) is 0 Å². The van der Waals surface area contributed by atoms with E-state index in [9.17, 15) is 0 Å². The number of nitrogens with zero attached hydrogens (tertiary/aromatic N) is 2. The van der Waals surface area contributed by atoms with Crippen LogP contribution in [0.4, 0.5) is 0 Å². The monoisotopic (exact) mass is 305 g/mol. The fourth-order valence-electron chi connectivity index (χ4n) is 1.87. The summed E-state index contributed by atoms with van der Waals surface area (Å²) < 4.78 is 5.89. The van der Waals surface area contributed by atoms with Crippen molar-refractivity contribution in [3.63, 3.8) is 0 Å². The second kappa shape index (κ2) is 8.10. The van der Waals surface area contributed by atoms with Gasteiger partial charge < -0.3 is 10.1 Å². The highest BCUT2D eigenvalue weighted by Crippen LogP contribution is 2.20. The zero-order valence-electron chi connectivity index (χ0n) is 12.9. The van der Waals surface area contributed by atoms with E-state index in [1.807, 2.05) is 6.07 Å². The quantitative estimate of drug-likeness (QED) is 0.755. The predicted octanol–water partition coefficient (Wildman–Crippen LogP) is 3.74. The molecular weight excluding hydrogens is 282 g/mol. The van der Waals surface area contributed by atoms with E-state index in [2.05, 4.69) is 47.5 Å². The molecule has 5 heteroatoms. The number of ether oxygens (including phenoxy) is 1. The van der Waals surface area contributed by atoms with Gasteiger partial charge in [-0.25, -0.2) is 9.97 Å². The van der Waals surface area contributed by atoms with Gasteiger partial charge in [-0.1, -0.05) is 26.8 Å². The van der Waals surface area contributed by atoms with Gasteiger partial charge in [-0.05, 0) is 24.4 Å². The summed E-state index contributed by atoms with van der Waals surface area (Å²) in [6, 6.07) is 4.11. The van der Waals surface area contributed by atoms with Crippen LogP contribution in [0.25, 0.3) is 0 Å². The molecule has 0 unspecified atom stereocenters. The topological polar surface area (TPSA) is 47.0 Å². The number of nitrogens with one attached hydrogen (secondary N) is 1. The Hall–Kier alpha value is -1.46. The molecule has 2 aromatic rings. The summed E-state index contributed by atoms with van der Waals surface area (Å²) in [5.41, 5.74) is 0.943. The SMILES string of the molecule is CCCNCc1nc(C(C)C)ncc1OCc1cccs1. The minimum atomic E-state index is 0.321. The lowest BCUT2D eigenvalue weighted by molar-refractivity contribution is 0.301. The molecule has 114 valence electrons. The molecule has 0 aliphatic carbocycles. The molecule has 4 nitrogen and oxygen atoms in total. The Morgan fingerprint density at radius 2 is 2.24 bits per heavy atom. The molecule has 2 rings (SSSR count). The van der Waals surface area contributed by atoms with Gasteiger partial charge in [-0.2, -0.15) is 0 Å². The molecule has 0 saturated heterocycles. The lowest BCUT2D eigenvalue weighted by Gasteiger charge is -2.13. The smallest absolute Gasteiger partial charge is 0.160 e. The standard InChI is InChI=1S/C16H23N3OS/c1-4-7-17-9-14-15(10-18-16(19-14)12(2)3)20-11-13-6-5-8-21-13/h5-6,8,10,12,17H,4,7,9,11H2,1-3H3. The maximum atomic E-state index is 5.89. The lowest BCUT2D eigenvalue weighted by Crippen LogP contribution is -2.17. The van der Waals surface area contributed by atoms with Gasteiger partial charge in [0.1, 0.15) is 12.4 Å². The summed E-state index contributed by atoms with van der Waals surface area (Å²) in [6.45, 7) is 8.63. The van der Waals surface area contributed by atoms with Crippen LogP contribution >= 0.6 is 11.3 Å². The summed E-state index contributed by atoms with van der Waals surface area (Å²) in [6.07, 6.45) is 2.91. The number of rotatable bonds is 8. The third-order valence-corrected chi connectivity index (χ3v) is 3.88. The van der Waals surface area contributed by atoms with Gasteiger partial charge in [-0.3, -0.25) is 0 Å². The van der Waals surface area contributed by atoms with Crippen LogP contribution in [-0.4, -0.2) is 16.5 Å². The molecule has 0 fully saturated rings. The van der Waals surface area contributed by atoms with Gasteiger partial charge in [-0.15, -0.1) is 11.3 Å².